The molecule has 1 saturated heterocycles. The third kappa shape index (κ3) is 4.16. The zero-order chi connectivity index (χ0) is 20.3. The fourth-order valence-electron chi connectivity index (χ4n) is 3.37. The maximum atomic E-state index is 12.6. The Morgan fingerprint density at radius 1 is 1.25 bits per heavy atom. The van der Waals surface area contributed by atoms with Gasteiger partial charge in [-0.15, -0.1) is 0 Å². The molecule has 3 heterocycles. The first-order valence-electron chi connectivity index (χ1n) is 9.01. The Bertz CT molecular complexity index is 984. The van der Waals surface area contributed by atoms with Crippen molar-refractivity contribution in [1.29, 1.82) is 0 Å². The number of aryl methyl sites for hydroxylation is 1. The highest BCUT2D eigenvalue weighted by atomic mass is 16.2. The Hall–Kier alpha value is -3.30. The van der Waals surface area contributed by atoms with Crippen LogP contribution in [0.3, 0.4) is 0 Å². The summed E-state index contributed by atoms with van der Waals surface area (Å²) in [5.41, 5.74) is -0.569. The molecule has 0 aliphatic carbocycles. The summed E-state index contributed by atoms with van der Waals surface area (Å²) < 4.78 is 0. The molecule has 0 radical (unpaired) electrons. The van der Waals surface area contributed by atoms with Gasteiger partial charge < -0.3 is 14.8 Å². The van der Waals surface area contributed by atoms with Crippen molar-refractivity contribution in [2.75, 3.05) is 20.1 Å². The van der Waals surface area contributed by atoms with Crippen LogP contribution in [0.1, 0.15) is 34.7 Å². The smallest absolute Gasteiger partial charge is 0.325 e. The molecule has 0 bridgehead atoms. The van der Waals surface area contributed by atoms with Gasteiger partial charge in [-0.3, -0.25) is 19.4 Å². The van der Waals surface area contributed by atoms with Gasteiger partial charge in [0, 0.05) is 49.8 Å². The van der Waals surface area contributed by atoms with Crippen LogP contribution in [-0.4, -0.2) is 67.7 Å². The zero-order valence-corrected chi connectivity index (χ0v) is 15.8. The molecular weight excluding hydrogens is 364 g/mol. The predicted octanol–water partition coefficient (Wildman–Crippen LogP) is -0.533. The number of likely N-dealkylation sites (N-methyl/N-ethyl adjacent to an activating group) is 1. The van der Waals surface area contributed by atoms with Gasteiger partial charge in [0.15, 0.2) is 0 Å². The molecular formula is C18H22N6O4. The molecule has 1 aliphatic rings. The van der Waals surface area contributed by atoms with Gasteiger partial charge in [-0.1, -0.05) is 0 Å². The van der Waals surface area contributed by atoms with Gasteiger partial charge in [0.2, 0.25) is 11.7 Å². The summed E-state index contributed by atoms with van der Waals surface area (Å²) in [4.78, 5) is 64.3. The van der Waals surface area contributed by atoms with Crippen LogP contribution >= 0.6 is 0 Å². The highest BCUT2D eigenvalue weighted by molar-refractivity contribution is 5.90. The van der Waals surface area contributed by atoms with E-state index >= 15 is 0 Å². The molecule has 0 aromatic carbocycles. The summed E-state index contributed by atoms with van der Waals surface area (Å²) in [7, 11) is 1.64. The lowest BCUT2D eigenvalue weighted by Crippen LogP contribution is -2.45. The Morgan fingerprint density at radius 3 is 2.64 bits per heavy atom. The number of H-pyrrole nitrogens is 2. The van der Waals surface area contributed by atoms with E-state index in [9.17, 15) is 19.2 Å². The lowest BCUT2D eigenvalue weighted by atomic mass is 10.1. The molecule has 0 spiro atoms. The van der Waals surface area contributed by atoms with E-state index in [4.69, 9.17) is 0 Å². The number of carbonyl (C=O) groups excluding carboxylic acids is 2. The maximum absolute atomic E-state index is 12.6. The first-order chi connectivity index (χ1) is 13.4. The number of nitrogens with zero attached hydrogens (tertiary/aromatic N) is 4. The molecule has 3 rings (SSSR count). The van der Waals surface area contributed by atoms with Gasteiger partial charge in [-0.25, -0.2) is 14.8 Å². The number of aromatic nitrogens is 4. The standard InChI is InChI=1S/C18H22N6O4/c1-11-13(16(26)22-18(28)21-11)9-14(25)23(2)10-12-5-3-8-24(12)17(27)15-19-6-4-7-20-15/h4,6-7,12H,3,5,8-10H2,1-2H3,(H2,21,22,26,28). The van der Waals surface area contributed by atoms with Crippen LogP contribution in [0.5, 0.6) is 0 Å². The second-order valence-electron chi connectivity index (χ2n) is 6.83. The van der Waals surface area contributed by atoms with Gasteiger partial charge in [-0.2, -0.15) is 0 Å². The largest absolute Gasteiger partial charge is 0.343 e. The zero-order valence-electron chi connectivity index (χ0n) is 15.8. The molecule has 1 fully saturated rings. The van der Waals surface area contributed by atoms with Gasteiger partial charge in [0.05, 0.1) is 6.42 Å². The van der Waals surface area contributed by atoms with Crippen LogP contribution in [0.4, 0.5) is 0 Å². The van der Waals surface area contributed by atoms with Crippen molar-refractivity contribution in [3.8, 4) is 0 Å². The number of hydrogen-bond acceptors (Lipinski definition) is 6. The van der Waals surface area contributed by atoms with Crippen molar-refractivity contribution >= 4 is 11.8 Å². The maximum Gasteiger partial charge on any atom is 0.325 e. The van der Waals surface area contributed by atoms with Gasteiger partial charge in [0.25, 0.3) is 11.5 Å². The van der Waals surface area contributed by atoms with Crippen LogP contribution in [0.25, 0.3) is 0 Å². The molecule has 2 aromatic rings. The number of hydrogen-bond donors (Lipinski definition) is 2. The second kappa shape index (κ2) is 8.15. The average Bonchev–Trinajstić information content (AvgIpc) is 3.12. The molecule has 1 aliphatic heterocycles. The van der Waals surface area contributed by atoms with Crippen molar-refractivity contribution in [3.63, 3.8) is 0 Å². The molecule has 1 atom stereocenters. The van der Waals surface area contributed by atoms with Crippen LogP contribution < -0.4 is 11.2 Å². The summed E-state index contributed by atoms with van der Waals surface area (Å²) in [5.74, 6) is -0.383. The topological polar surface area (TPSA) is 132 Å². The van der Waals surface area contributed by atoms with E-state index in [-0.39, 0.29) is 35.7 Å². The number of nitrogens with one attached hydrogen (secondary N) is 2. The van der Waals surface area contributed by atoms with Crippen LogP contribution in [-0.2, 0) is 11.2 Å². The third-order valence-electron chi connectivity index (χ3n) is 4.89. The van der Waals surface area contributed by atoms with Crippen LogP contribution in [0, 0.1) is 6.92 Å². The SMILES string of the molecule is Cc1[nH]c(=O)[nH]c(=O)c1CC(=O)N(C)CC1CCCN1C(=O)c1ncccn1. The number of aromatic amines is 2. The molecule has 2 aromatic heterocycles. The second-order valence-corrected chi connectivity index (χ2v) is 6.83. The number of amides is 2. The molecule has 2 amide bonds. The first-order valence-corrected chi connectivity index (χ1v) is 9.01. The van der Waals surface area contributed by atoms with Crippen molar-refractivity contribution < 1.29 is 9.59 Å². The van der Waals surface area contributed by atoms with Crippen molar-refractivity contribution in [2.45, 2.75) is 32.2 Å². The quantitative estimate of drug-likeness (QED) is 0.710. The van der Waals surface area contributed by atoms with E-state index in [1.165, 1.54) is 17.3 Å². The van der Waals surface area contributed by atoms with E-state index < -0.39 is 11.2 Å². The molecule has 0 saturated carbocycles. The van der Waals surface area contributed by atoms with Gasteiger partial charge >= 0.3 is 5.69 Å². The molecule has 10 heteroatoms. The Morgan fingerprint density at radius 2 is 1.96 bits per heavy atom. The minimum atomic E-state index is -0.602. The molecule has 28 heavy (non-hydrogen) atoms. The summed E-state index contributed by atoms with van der Waals surface area (Å²) in [5, 5.41) is 0. The monoisotopic (exact) mass is 386 g/mol. The van der Waals surface area contributed by atoms with Crippen LogP contribution in [0.15, 0.2) is 28.0 Å². The average molecular weight is 386 g/mol. The summed E-state index contributed by atoms with van der Waals surface area (Å²) in [6.45, 7) is 2.51. The number of carbonyl (C=O) groups is 2. The van der Waals surface area contributed by atoms with Gasteiger partial charge in [0.1, 0.15) is 0 Å². The normalized spacial score (nSPS) is 16.2. The Kier molecular flexibility index (Phi) is 5.67. The fourth-order valence-corrected chi connectivity index (χ4v) is 3.37. The van der Waals surface area contributed by atoms with Gasteiger partial charge in [-0.05, 0) is 25.8 Å². The summed E-state index contributed by atoms with van der Waals surface area (Å²) >= 11 is 0. The lowest BCUT2D eigenvalue weighted by molar-refractivity contribution is -0.129. The molecule has 1 unspecified atom stereocenters. The molecule has 148 valence electrons. The van der Waals surface area contributed by atoms with Crippen LogP contribution in [0.2, 0.25) is 0 Å². The summed E-state index contributed by atoms with van der Waals surface area (Å²) in [6, 6.07) is 1.51. The summed E-state index contributed by atoms with van der Waals surface area (Å²) in [6.07, 6.45) is 4.52. The fraction of sp³-hybridized carbons (Fsp3) is 0.444. The Balaban J connectivity index is 1.67. The minimum Gasteiger partial charge on any atom is -0.343 e. The van der Waals surface area contributed by atoms with E-state index in [0.29, 0.717) is 18.8 Å². The predicted molar refractivity (Wildman–Crippen MR) is 99.9 cm³/mol. The Labute approximate surface area is 160 Å². The first kappa shape index (κ1) is 19.5. The number of likely N-dealkylation sites (tertiary alicyclic amines) is 1. The van der Waals surface area contributed by atoms with E-state index in [1.807, 2.05) is 0 Å². The van der Waals surface area contributed by atoms with Crippen molar-refractivity contribution in [3.05, 3.63) is 56.4 Å². The lowest BCUT2D eigenvalue weighted by Gasteiger charge is -2.28. The molecule has 10 nitrogen and oxygen atoms in total. The minimum absolute atomic E-state index is 0.128. The van der Waals surface area contributed by atoms with E-state index in [2.05, 4.69) is 19.9 Å². The van der Waals surface area contributed by atoms with E-state index in [0.717, 1.165) is 12.8 Å². The van der Waals surface area contributed by atoms with E-state index in [1.54, 1.807) is 24.9 Å². The molecule has 2 N–H and O–H groups in total. The third-order valence-corrected chi connectivity index (χ3v) is 4.89. The number of rotatable bonds is 5. The highest BCUT2D eigenvalue weighted by Gasteiger charge is 2.32. The van der Waals surface area contributed by atoms with Crippen molar-refractivity contribution in [1.82, 2.24) is 29.7 Å². The highest BCUT2D eigenvalue weighted by Crippen LogP contribution is 2.20. The van der Waals surface area contributed by atoms with Crippen molar-refractivity contribution in [2.24, 2.45) is 0 Å².